The van der Waals surface area contributed by atoms with Gasteiger partial charge in [0.1, 0.15) is 18.1 Å². The fraction of sp³-hybridized carbons (Fsp3) is 0.490. The predicted molar refractivity (Wildman–Crippen MR) is 259 cm³/mol. The van der Waals surface area contributed by atoms with E-state index in [1.165, 1.54) is 26.1 Å². The van der Waals surface area contributed by atoms with Crippen molar-refractivity contribution in [3.05, 3.63) is 58.2 Å². The minimum Gasteiger partial charge on any atom is -0.464 e. The van der Waals surface area contributed by atoms with E-state index in [0.717, 1.165) is 44.7 Å². The number of carbonyl (C=O) groups is 6. The Morgan fingerprint density at radius 1 is 1.15 bits per heavy atom. The van der Waals surface area contributed by atoms with Crippen LogP contribution in [0.4, 0.5) is 0 Å². The third-order valence-corrected chi connectivity index (χ3v) is 13.8. The standard InChI is InChI=1S/C49H60N8O8S.C2H2/c1-9-56-39-17-16-31-23-34(39)35(44(56)33-13-10-19-50-42(33)30(4)64-8)25-49(5,6)28-65-48(63)36-14-11-20-57(53-36)47(62)37(24-40-51-38(31)27-66-40)52-45(60)43(29(2)3)54(7)46(61)32-18-21-55(26-32)41(59)15-12-22-58;1-2/h10,13,16-17,19,22-23,27,29-30,32,36-37,43,53H,9,11,14,18,20-21,24-26,28H2,1-8H3,(H,52,60);1-2H. The molecule has 68 heavy (non-hydrogen) atoms. The van der Waals surface area contributed by atoms with E-state index in [-0.39, 0.29) is 37.5 Å². The van der Waals surface area contributed by atoms with E-state index < -0.39 is 53.1 Å². The Labute approximate surface area is 402 Å². The first kappa shape index (κ1) is 51.0. The van der Waals surface area contributed by atoms with E-state index in [4.69, 9.17) is 19.4 Å². The van der Waals surface area contributed by atoms with E-state index in [9.17, 15) is 28.8 Å². The Morgan fingerprint density at radius 3 is 2.62 bits per heavy atom. The van der Waals surface area contributed by atoms with Crippen LogP contribution >= 0.6 is 11.3 Å². The molecule has 0 spiro atoms. The molecule has 4 amide bonds. The van der Waals surface area contributed by atoms with Crippen LogP contribution in [0.1, 0.15) is 83.2 Å². The lowest BCUT2D eigenvalue weighted by Crippen LogP contribution is -2.62. The van der Waals surface area contributed by atoms with Crippen LogP contribution in [0.25, 0.3) is 33.4 Å². The molecule has 6 heterocycles. The van der Waals surface area contributed by atoms with Crippen LogP contribution < -0.4 is 10.7 Å². The molecule has 3 aromatic heterocycles. The summed E-state index contributed by atoms with van der Waals surface area (Å²) < 4.78 is 14.2. The van der Waals surface area contributed by atoms with Crippen molar-refractivity contribution in [2.45, 2.75) is 104 Å². The highest BCUT2D eigenvalue weighted by Crippen LogP contribution is 2.42. The number of benzene rings is 1. The number of likely N-dealkylation sites (tertiary alicyclic amines) is 1. The molecular weight excluding hydrogens is 885 g/mol. The van der Waals surface area contributed by atoms with Gasteiger partial charge in [0.2, 0.25) is 11.8 Å². The van der Waals surface area contributed by atoms with E-state index in [1.54, 1.807) is 20.4 Å². The molecule has 6 bridgehead atoms. The molecule has 2 saturated heterocycles. The first-order valence-corrected chi connectivity index (χ1v) is 23.9. The summed E-state index contributed by atoms with van der Waals surface area (Å²) in [4.78, 5) is 92.7. The number of pyridine rings is 1. The fourth-order valence-corrected chi connectivity index (χ4v) is 10.3. The molecule has 1 aromatic carbocycles. The number of aldehydes is 1. The number of likely N-dealkylation sites (N-methyl/N-ethyl adjacent to an activating group) is 1. The number of hydrazine groups is 1. The third-order valence-electron chi connectivity index (χ3n) is 12.9. The predicted octanol–water partition coefficient (Wildman–Crippen LogP) is 4.99. The average Bonchev–Trinajstić information content (AvgIpc) is 4.10. The van der Waals surface area contributed by atoms with Crippen LogP contribution in [0.3, 0.4) is 0 Å². The van der Waals surface area contributed by atoms with Crippen molar-refractivity contribution in [2.24, 2.45) is 17.3 Å². The lowest BCUT2D eigenvalue weighted by atomic mass is 9.84. The lowest BCUT2D eigenvalue weighted by Gasteiger charge is -2.36. The first-order chi connectivity index (χ1) is 32.5. The Kier molecular flexibility index (Phi) is 16.6. The fourth-order valence-electron chi connectivity index (χ4n) is 9.49. The van der Waals surface area contributed by atoms with Gasteiger partial charge >= 0.3 is 5.97 Å². The number of methoxy groups -OCH3 is 1. The van der Waals surface area contributed by atoms with Gasteiger partial charge in [-0.05, 0) is 81.2 Å². The van der Waals surface area contributed by atoms with Crippen molar-refractivity contribution in [1.82, 2.24) is 40.1 Å². The Morgan fingerprint density at radius 2 is 1.91 bits per heavy atom. The smallest absolute Gasteiger partial charge is 0.324 e. The number of thiazole rings is 1. The zero-order chi connectivity index (χ0) is 49.4. The molecule has 7 rings (SSSR count). The molecule has 16 nitrogen and oxygen atoms in total. The van der Waals surface area contributed by atoms with Gasteiger partial charge in [0, 0.05) is 91.7 Å². The second-order valence-corrected chi connectivity index (χ2v) is 19.5. The number of hydrogen-bond donors (Lipinski definition) is 2. The maximum absolute atomic E-state index is 14.6. The summed E-state index contributed by atoms with van der Waals surface area (Å²) in [6, 6.07) is 7.46. The van der Waals surface area contributed by atoms with Gasteiger partial charge in [-0.3, -0.25) is 38.8 Å². The number of nitrogens with zero attached hydrogens (tertiary/aromatic N) is 6. The maximum Gasteiger partial charge on any atom is 0.324 e. The zero-order valence-corrected chi connectivity index (χ0v) is 41.0. The van der Waals surface area contributed by atoms with Gasteiger partial charge in [-0.2, -0.15) is 0 Å². The highest BCUT2D eigenvalue weighted by atomic mass is 32.1. The second kappa shape index (κ2) is 22.1. The summed E-state index contributed by atoms with van der Waals surface area (Å²) in [6.45, 7) is 13.4. The minimum atomic E-state index is -1.12. The van der Waals surface area contributed by atoms with Gasteiger partial charge in [-0.1, -0.05) is 33.8 Å². The van der Waals surface area contributed by atoms with Gasteiger partial charge in [0.15, 0.2) is 6.29 Å². The highest BCUT2D eigenvalue weighted by molar-refractivity contribution is 7.10. The molecule has 2 fully saturated rings. The van der Waals surface area contributed by atoms with Gasteiger partial charge in [0.25, 0.3) is 11.8 Å². The summed E-state index contributed by atoms with van der Waals surface area (Å²) >= 11 is 1.39. The van der Waals surface area contributed by atoms with Crippen molar-refractivity contribution in [3.8, 4) is 47.2 Å². The number of ether oxygens (including phenoxy) is 2. The number of cyclic esters (lactones) is 1. The number of hydrogen-bond acceptors (Lipinski definition) is 12. The van der Waals surface area contributed by atoms with Crippen molar-refractivity contribution in [1.29, 1.82) is 0 Å². The van der Waals surface area contributed by atoms with Crippen LogP contribution in [0.5, 0.6) is 0 Å². The van der Waals surface area contributed by atoms with Crippen LogP contribution in [-0.4, -0.2) is 124 Å². The monoisotopic (exact) mass is 946 g/mol. The number of terminal acetylenes is 1. The summed E-state index contributed by atoms with van der Waals surface area (Å²) in [7, 11) is 3.23. The number of fused-ring (bicyclic) bond motifs is 6. The van der Waals surface area contributed by atoms with Crippen molar-refractivity contribution >= 4 is 58.1 Å². The van der Waals surface area contributed by atoms with Gasteiger partial charge in [-0.15, -0.1) is 24.2 Å². The van der Waals surface area contributed by atoms with E-state index in [0.29, 0.717) is 56.6 Å². The Balaban J connectivity index is 0.00000376. The Bertz CT molecular complexity index is 2620. The summed E-state index contributed by atoms with van der Waals surface area (Å²) in [5.41, 5.74) is 9.13. The zero-order valence-electron chi connectivity index (χ0n) is 40.2. The number of carbonyl (C=O) groups excluding carboxylic acids is 6. The molecule has 0 saturated carbocycles. The van der Waals surface area contributed by atoms with Crippen LogP contribution in [0.15, 0.2) is 41.9 Å². The van der Waals surface area contributed by atoms with Gasteiger partial charge in [0.05, 0.1) is 40.7 Å². The van der Waals surface area contributed by atoms with Crippen molar-refractivity contribution in [2.75, 3.05) is 40.4 Å². The molecule has 5 unspecified atom stereocenters. The highest BCUT2D eigenvalue weighted by Gasteiger charge is 2.40. The number of amides is 4. The largest absolute Gasteiger partial charge is 0.464 e. The molecule has 0 radical (unpaired) electrons. The van der Waals surface area contributed by atoms with E-state index in [2.05, 4.69) is 85.0 Å². The quantitative estimate of drug-likeness (QED) is 0.131. The number of rotatable bonds is 9. The van der Waals surface area contributed by atoms with Crippen molar-refractivity contribution in [3.63, 3.8) is 0 Å². The van der Waals surface area contributed by atoms with Gasteiger partial charge in [-0.25, -0.2) is 10.4 Å². The molecule has 0 aliphatic carbocycles. The van der Waals surface area contributed by atoms with Crippen LogP contribution in [0.2, 0.25) is 0 Å². The molecule has 2 N–H and O–H groups in total. The number of nitrogens with one attached hydrogen (secondary N) is 2. The molecule has 3 aliphatic heterocycles. The SMILES string of the molecule is C#C.CCn1c(-c2cccnc2C(C)OC)c2c3cc(ccc31)-c1csc(n1)CC(NC(=O)C(C(C)C)N(C)C(=O)C1CCN(C(=O)C#CC=O)C1)C(=O)N1CCCC(N1)C(=O)OCC(C)(C)C2. The number of aryl methyl sites for hydroxylation is 1. The molecule has 5 atom stereocenters. The van der Waals surface area contributed by atoms with E-state index in [1.807, 2.05) is 32.2 Å². The summed E-state index contributed by atoms with van der Waals surface area (Å²) in [5.74, 6) is 1.14. The minimum absolute atomic E-state index is 0.0477. The summed E-state index contributed by atoms with van der Waals surface area (Å²) in [6.07, 6.45) is 11.8. The molecular formula is C51H62N8O8S. The molecule has 17 heteroatoms. The maximum atomic E-state index is 14.6. The van der Waals surface area contributed by atoms with Crippen LogP contribution in [-0.2, 0) is 57.6 Å². The number of esters is 1. The Hall–Kier alpha value is -6.40. The molecule has 4 aromatic rings. The normalized spacial score (nSPS) is 20.2. The first-order valence-electron chi connectivity index (χ1n) is 23.0. The van der Waals surface area contributed by atoms with Crippen LogP contribution in [0, 0.1) is 41.9 Å². The topological polar surface area (TPSA) is 185 Å². The molecule has 360 valence electrons. The summed E-state index contributed by atoms with van der Waals surface area (Å²) in [5, 5.41) is 7.99. The average molecular weight is 947 g/mol. The number of aromatic nitrogens is 3. The van der Waals surface area contributed by atoms with Crippen molar-refractivity contribution < 1.29 is 38.2 Å². The van der Waals surface area contributed by atoms with Gasteiger partial charge < -0.3 is 29.2 Å². The second-order valence-electron chi connectivity index (χ2n) is 18.5. The lowest BCUT2D eigenvalue weighted by molar-refractivity contribution is -0.155. The third kappa shape index (κ3) is 11.0. The van der Waals surface area contributed by atoms with E-state index >= 15 is 0 Å². The molecule has 3 aliphatic rings.